The number of nitrogens with one attached hydrogen (secondary N) is 1. The first-order chi connectivity index (χ1) is 10.3. The number of rotatable bonds is 4. The summed E-state index contributed by atoms with van der Waals surface area (Å²) in [7, 11) is 0. The van der Waals surface area contributed by atoms with Crippen molar-refractivity contribution >= 4 is 0 Å². The van der Waals surface area contributed by atoms with E-state index in [1.807, 2.05) is 30.3 Å². The lowest BCUT2D eigenvalue weighted by Gasteiger charge is -2.17. The average Bonchev–Trinajstić information content (AvgIpc) is 2.68. The highest BCUT2D eigenvalue weighted by atomic mass is 16.5. The van der Waals surface area contributed by atoms with Gasteiger partial charge in [0, 0.05) is 11.6 Å². The Bertz CT molecular complexity index is 570. The summed E-state index contributed by atoms with van der Waals surface area (Å²) in [6, 6.07) is 18.3. The van der Waals surface area contributed by atoms with Crippen LogP contribution >= 0.6 is 0 Å². The maximum absolute atomic E-state index is 10.3. The normalized spacial score (nSPS) is 21.2. The van der Waals surface area contributed by atoms with Crippen molar-refractivity contribution in [3.8, 4) is 5.75 Å². The van der Waals surface area contributed by atoms with E-state index in [-0.39, 0.29) is 6.04 Å². The molecular weight excluding hydrogens is 262 g/mol. The van der Waals surface area contributed by atoms with E-state index in [4.69, 9.17) is 4.74 Å². The van der Waals surface area contributed by atoms with Crippen LogP contribution < -0.4 is 10.1 Å². The third-order valence-electron chi connectivity index (χ3n) is 3.92. The highest BCUT2D eigenvalue weighted by Crippen LogP contribution is 2.30. The Kier molecular flexibility index (Phi) is 4.53. The molecule has 0 aromatic heterocycles. The van der Waals surface area contributed by atoms with Crippen LogP contribution in [0.4, 0.5) is 0 Å². The molecule has 0 amide bonds. The summed E-state index contributed by atoms with van der Waals surface area (Å²) in [5.74, 6) is 0.803. The number of aliphatic hydroxyl groups excluding tert-OH is 1. The van der Waals surface area contributed by atoms with Crippen molar-refractivity contribution in [2.75, 3.05) is 13.2 Å². The van der Waals surface area contributed by atoms with Crippen LogP contribution in [-0.2, 0) is 6.42 Å². The minimum Gasteiger partial charge on any atom is -0.492 e. The van der Waals surface area contributed by atoms with Gasteiger partial charge in [-0.15, -0.1) is 0 Å². The fraction of sp³-hybridized carbons (Fsp3) is 0.333. The second-order valence-electron chi connectivity index (χ2n) is 5.49. The molecule has 2 aromatic carbocycles. The largest absolute Gasteiger partial charge is 0.492 e. The zero-order valence-corrected chi connectivity index (χ0v) is 12.0. The molecule has 1 aliphatic rings. The summed E-state index contributed by atoms with van der Waals surface area (Å²) in [6.07, 6.45) is 1.21. The van der Waals surface area contributed by atoms with Gasteiger partial charge in [-0.25, -0.2) is 0 Å². The molecule has 0 radical (unpaired) electrons. The number of benzene rings is 2. The monoisotopic (exact) mass is 283 g/mol. The molecule has 3 heteroatoms. The van der Waals surface area contributed by atoms with Gasteiger partial charge in [0.2, 0.25) is 0 Å². The topological polar surface area (TPSA) is 41.5 Å². The van der Waals surface area contributed by atoms with Gasteiger partial charge in [0.1, 0.15) is 12.4 Å². The molecule has 0 saturated heterocycles. The van der Waals surface area contributed by atoms with E-state index < -0.39 is 6.10 Å². The van der Waals surface area contributed by atoms with Crippen molar-refractivity contribution in [1.29, 1.82) is 0 Å². The van der Waals surface area contributed by atoms with E-state index in [0.717, 1.165) is 24.3 Å². The van der Waals surface area contributed by atoms with Crippen LogP contribution in [-0.4, -0.2) is 24.3 Å². The fourth-order valence-electron chi connectivity index (χ4n) is 2.75. The van der Waals surface area contributed by atoms with Gasteiger partial charge in [0.15, 0.2) is 0 Å². The van der Waals surface area contributed by atoms with Crippen molar-refractivity contribution in [1.82, 2.24) is 5.32 Å². The van der Waals surface area contributed by atoms with E-state index in [2.05, 4.69) is 29.6 Å². The molecule has 0 spiro atoms. The Morgan fingerprint density at radius 3 is 2.67 bits per heavy atom. The van der Waals surface area contributed by atoms with Gasteiger partial charge in [-0.1, -0.05) is 48.5 Å². The fourth-order valence-corrected chi connectivity index (χ4v) is 2.75. The Labute approximate surface area is 125 Å². The molecule has 0 fully saturated rings. The molecule has 21 heavy (non-hydrogen) atoms. The molecule has 0 saturated carbocycles. The van der Waals surface area contributed by atoms with Crippen molar-refractivity contribution < 1.29 is 9.84 Å². The summed E-state index contributed by atoms with van der Waals surface area (Å²) >= 11 is 0. The molecule has 3 nitrogen and oxygen atoms in total. The van der Waals surface area contributed by atoms with Gasteiger partial charge < -0.3 is 15.2 Å². The molecule has 3 rings (SSSR count). The summed E-state index contributed by atoms with van der Waals surface area (Å²) in [5.41, 5.74) is 2.22. The van der Waals surface area contributed by atoms with Crippen molar-refractivity contribution in [2.45, 2.75) is 25.0 Å². The molecular formula is C18H21NO2. The molecule has 1 aliphatic heterocycles. The molecule has 2 atom stereocenters. The number of ether oxygens (including phenoxy) is 1. The highest BCUT2D eigenvalue weighted by Gasteiger charge is 2.23. The summed E-state index contributed by atoms with van der Waals surface area (Å²) in [5, 5.41) is 13.8. The predicted molar refractivity (Wildman–Crippen MR) is 83.5 cm³/mol. The van der Waals surface area contributed by atoms with Crippen LogP contribution in [0.2, 0.25) is 0 Å². The van der Waals surface area contributed by atoms with Crippen LogP contribution in [0.25, 0.3) is 0 Å². The maximum Gasteiger partial charge on any atom is 0.125 e. The zero-order chi connectivity index (χ0) is 14.5. The summed E-state index contributed by atoms with van der Waals surface area (Å²) < 4.78 is 5.81. The Hall–Kier alpha value is -1.84. The smallest absolute Gasteiger partial charge is 0.125 e. The number of para-hydroxylation sites is 1. The maximum atomic E-state index is 10.3. The molecule has 2 N–H and O–H groups in total. The summed E-state index contributed by atoms with van der Waals surface area (Å²) in [4.78, 5) is 0. The zero-order valence-electron chi connectivity index (χ0n) is 12.0. The van der Waals surface area contributed by atoms with Crippen molar-refractivity contribution in [3.05, 3.63) is 65.7 Å². The summed E-state index contributed by atoms with van der Waals surface area (Å²) in [6.45, 7) is 1.49. The minimum absolute atomic E-state index is 0.177. The number of aliphatic hydroxyl groups is 1. The van der Waals surface area contributed by atoms with Gasteiger partial charge in [-0.2, -0.15) is 0 Å². The molecule has 0 bridgehead atoms. The lowest BCUT2D eigenvalue weighted by atomic mass is 10.0. The van der Waals surface area contributed by atoms with Crippen LogP contribution in [0.5, 0.6) is 5.75 Å². The SMILES string of the molecule is O[C@H]1C[C@@H](NCCc2ccccc2)COc2ccccc21. The third-order valence-corrected chi connectivity index (χ3v) is 3.92. The van der Waals surface area contributed by atoms with Gasteiger partial charge in [-0.05, 0) is 31.0 Å². The van der Waals surface area contributed by atoms with Crippen molar-refractivity contribution in [3.63, 3.8) is 0 Å². The number of fused-ring (bicyclic) bond motifs is 1. The molecule has 110 valence electrons. The lowest BCUT2D eigenvalue weighted by molar-refractivity contribution is 0.151. The molecule has 1 heterocycles. The van der Waals surface area contributed by atoms with Crippen LogP contribution in [0.3, 0.4) is 0 Å². The number of hydrogen-bond donors (Lipinski definition) is 2. The average molecular weight is 283 g/mol. The van der Waals surface area contributed by atoms with Crippen LogP contribution in [0.15, 0.2) is 54.6 Å². The minimum atomic E-state index is -0.460. The van der Waals surface area contributed by atoms with E-state index in [1.54, 1.807) is 0 Å². The Balaban J connectivity index is 1.54. The third kappa shape index (κ3) is 3.63. The first-order valence-corrected chi connectivity index (χ1v) is 7.50. The van der Waals surface area contributed by atoms with Crippen LogP contribution in [0.1, 0.15) is 23.7 Å². The van der Waals surface area contributed by atoms with Gasteiger partial charge >= 0.3 is 0 Å². The quantitative estimate of drug-likeness (QED) is 0.906. The van der Waals surface area contributed by atoms with Gasteiger partial charge in [0.25, 0.3) is 0 Å². The van der Waals surface area contributed by atoms with Gasteiger partial charge in [0.05, 0.1) is 6.10 Å². The molecule has 0 unspecified atom stereocenters. The lowest BCUT2D eigenvalue weighted by Crippen LogP contribution is -2.36. The standard InChI is InChI=1S/C18H21NO2/c20-17-12-15(13-21-18-9-5-4-8-16(17)18)19-11-10-14-6-2-1-3-7-14/h1-9,15,17,19-20H,10-13H2/t15-,17+/m1/s1. The number of hydrogen-bond acceptors (Lipinski definition) is 3. The highest BCUT2D eigenvalue weighted by molar-refractivity contribution is 5.36. The molecule has 2 aromatic rings. The van der Waals surface area contributed by atoms with E-state index in [9.17, 15) is 5.11 Å². The Morgan fingerprint density at radius 1 is 1.05 bits per heavy atom. The first kappa shape index (κ1) is 14.1. The Morgan fingerprint density at radius 2 is 1.81 bits per heavy atom. The second-order valence-corrected chi connectivity index (χ2v) is 5.49. The van der Waals surface area contributed by atoms with E-state index in [0.29, 0.717) is 13.0 Å². The molecule has 0 aliphatic carbocycles. The van der Waals surface area contributed by atoms with E-state index in [1.165, 1.54) is 5.56 Å². The van der Waals surface area contributed by atoms with Crippen LogP contribution in [0, 0.1) is 0 Å². The van der Waals surface area contributed by atoms with E-state index >= 15 is 0 Å². The first-order valence-electron chi connectivity index (χ1n) is 7.50. The van der Waals surface area contributed by atoms with Crippen molar-refractivity contribution in [2.24, 2.45) is 0 Å². The second kappa shape index (κ2) is 6.74. The van der Waals surface area contributed by atoms with Gasteiger partial charge in [-0.3, -0.25) is 0 Å². The predicted octanol–water partition coefficient (Wildman–Crippen LogP) is 2.70.